The largest absolute Gasteiger partial charge is 0.486 e. The molecule has 162 valence electrons. The number of carbonyl (C=O) groups excluding carboxylic acids is 1. The zero-order chi connectivity index (χ0) is 22.1. The second-order valence-corrected chi connectivity index (χ2v) is 8.46. The Bertz CT molecular complexity index is 1290. The molecule has 32 heavy (non-hydrogen) atoms. The van der Waals surface area contributed by atoms with Gasteiger partial charge in [-0.2, -0.15) is 5.10 Å². The van der Waals surface area contributed by atoms with Crippen LogP contribution in [0, 0.1) is 6.92 Å². The zero-order valence-corrected chi connectivity index (χ0v) is 18.7. The number of hydrogen-bond acceptors (Lipinski definition) is 6. The summed E-state index contributed by atoms with van der Waals surface area (Å²) in [5.41, 5.74) is 3.58. The standard InChI is InChI=1S/C23H19ClN4O3S/c1-14-20(21(24)28(27-14)12-15-5-3-2-4-6-15)22(29)26-23-25-17(13-32-23)16-7-8-18-19(11-16)31-10-9-30-18/h2-8,11,13H,9-10,12H2,1H3,(H,25,26,29). The summed E-state index contributed by atoms with van der Waals surface area (Å²) in [6.07, 6.45) is 0. The first-order chi connectivity index (χ1) is 15.6. The fourth-order valence-corrected chi connectivity index (χ4v) is 4.53. The highest BCUT2D eigenvalue weighted by atomic mass is 35.5. The van der Waals surface area contributed by atoms with E-state index in [1.807, 2.05) is 53.9 Å². The Labute approximate surface area is 193 Å². The Hall–Kier alpha value is -3.36. The Morgan fingerprint density at radius 2 is 1.94 bits per heavy atom. The molecular formula is C23H19ClN4O3S. The summed E-state index contributed by atoms with van der Waals surface area (Å²) >= 11 is 7.85. The number of aryl methyl sites for hydroxylation is 1. The lowest BCUT2D eigenvalue weighted by Gasteiger charge is -2.18. The number of anilines is 1. The van der Waals surface area contributed by atoms with Gasteiger partial charge in [0.1, 0.15) is 18.4 Å². The molecule has 5 rings (SSSR count). The third-order valence-corrected chi connectivity index (χ3v) is 6.17. The van der Waals surface area contributed by atoms with Crippen LogP contribution in [0.4, 0.5) is 5.13 Å². The van der Waals surface area contributed by atoms with Crippen LogP contribution in [0.15, 0.2) is 53.9 Å². The van der Waals surface area contributed by atoms with Gasteiger partial charge < -0.3 is 9.47 Å². The van der Waals surface area contributed by atoms with Gasteiger partial charge in [0, 0.05) is 10.9 Å². The summed E-state index contributed by atoms with van der Waals surface area (Å²) in [4.78, 5) is 17.5. The van der Waals surface area contributed by atoms with Gasteiger partial charge in [-0.3, -0.25) is 10.1 Å². The third kappa shape index (κ3) is 4.06. The molecule has 0 spiro atoms. The van der Waals surface area contributed by atoms with Crippen LogP contribution in [-0.2, 0) is 6.54 Å². The normalized spacial score (nSPS) is 12.6. The maximum Gasteiger partial charge on any atom is 0.262 e. The second-order valence-electron chi connectivity index (χ2n) is 7.24. The maximum atomic E-state index is 12.9. The molecule has 0 atom stereocenters. The highest BCUT2D eigenvalue weighted by molar-refractivity contribution is 7.14. The van der Waals surface area contributed by atoms with E-state index in [1.165, 1.54) is 11.3 Å². The first kappa shape index (κ1) is 20.5. The maximum absolute atomic E-state index is 12.9. The monoisotopic (exact) mass is 466 g/mol. The number of nitrogens with one attached hydrogen (secondary N) is 1. The van der Waals surface area contributed by atoms with Gasteiger partial charge in [-0.05, 0) is 30.7 Å². The molecule has 4 aromatic rings. The van der Waals surface area contributed by atoms with Crippen LogP contribution in [0.25, 0.3) is 11.3 Å². The minimum atomic E-state index is -0.338. The van der Waals surface area contributed by atoms with E-state index in [0.29, 0.717) is 47.1 Å². The van der Waals surface area contributed by atoms with Crippen molar-refractivity contribution in [3.8, 4) is 22.8 Å². The van der Waals surface area contributed by atoms with Crippen LogP contribution in [0.1, 0.15) is 21.6 Å². The number of fused-ring (bicyclic) bond motifs is 1. The molecule has 3 heterocycles. The molecule has 0 saturated heterocycles. The van der Waals surface area contributed by atoms with E-state index >= 15 is 0 Å². The van der Waals surface area contributed by atoms with Crippen LogP contribution >= 0.6 is 22.9 Å². The smallest absolute Gasteiger partial charge is 0.262 e. The van der Waals surface area contributed by atoms with Crippen molar-refractivity contribution in [2.75, 3.05) is 18.5 Å². The molecule has 7 nitrogen and oxygen atoms in total. The molecule has 0 bridgehead atoms. The quantitative estimate of drug-likeness (QED) is 0.445. The highest BCUT2D eigenvalue weighted by Gasteiger charge is 2.22. The minimum Gasteiger partial charge on any atom is -0.486 e. The first-order valence-electron chi connectivity index (χ1n) is 10.0. The van der Waals surface area contributed by atoms with Crippen LogP contribution in [-0.4, -0.2) is 33.9 Å². The Morgan fingerprint density at radius 3 is 2.75 bits per heavy atom. The van der Waals surface area contributed by atoms with Crippen molar-refractivity contribution in [3.63, 3.8) is 0 Å². The number of amides is 1. The van der Waals surface area contributed by atoms with Gasteiger partial charge in [-0.15, -0.1) is 11.3 Å². The summed E-state index contributed by atoms with van der Waals surface area (Å²) in [5.74, 6) is 1.08. The lowest BCUT2D eigenvalue weighted by molar-refractivity contribution is 0.102. The Balaban J connectivity index is 1.33. The number of ether oxygens (including phenoxy) is 2. The fraction of sp³-hybridized carbons (Fsp3) is 0.174. The molecule has 1 amide bonds. The highest BCUT2D eigenvalue weighted by Crippen LogP contribution is 2.35. The summed E-state index contributed by atoms with van der Waals surface area (Å²) in [6, 6.07) is 15.5. The van der Waals surface area contributed by atoms with Gasteiger partial charge in [0.2, 0.25) is 0 Å². The van der Waals surface area contributed by atoms with E-state index < -0.39 is 0 Å². The summed E-state index contributed by atoms with van der Waals surface area (Å²) < 4.78 is 12.8. The number of halogens is 1. The number of rotatable bonds is 5. The molecule has 9 heteroatoms. The lowest BCUT2D eigenvalue weighted by Crippen LogP contribution is -2.15. The molecule has 2 aromatic carbocycles. The van der Waals surface area contributed by atoms with E-state index in [4.69, 9.17) is 21.1 Å². The predicted octanol–water partition coefficient (Wildman–Crippen LogP) is 5.04. The minimum absolute atomic E-state index is 0.299. The Kier molecular flexibility index (Phi) is 5.55. The van der Waals surface area contributed by atoms with Gasteiger partial charge in [0.05, 0.1) is 23.5 Å². The number of hydrogen-bond donors (Lipinski definition) is 1. The fourth-order valence-electron chi connectivity index (χ4n) is 3.50. The topological polar surface area (TPSA) is 78.3 Å². The predicted molar refractivity (Wildman–Crippen MR) is 124 cm³/mol. The Morgan fingerprint density at radius 1 is 1.16 bits per heavy atom. The molecule has 0 aliphatic carbocycles. The van der Waals surface area contributed by atoms with Crippen LogP contribution in [0.3, 0.4) is 0 Å². The van der Waals surface area contributed by atoms with E-state index in [1.54, 1.807) is 11.6 Å². The van der Waals surface area contributed by atoms with Crippen LogP contribution in [0.5, 0.6) is 11.5 Å². The van der Waals surface area contributed by atoms with E-state index in [-0.39, 0.29) is 5.91 Å². The first-order valence-corrected chi connectivity index (χ1v) is 11.3. The summed E-state index contributed by atoms with van der Waals surface area (Å²) in [6.45, 7) is 3.32. The molecule has 0 unspecified atom stereocenters. The van der Waals surface area contributed by atoms with Gasteiger partial charge in [-0.1, -0.05) is 41.9 Å². The third-order valence-electron chi connectivity index (χ3n) is 5.03. The molecule has 0 radical (unpaired) electrons. The van der Waals surface area contributed by atoms with E-state index in [0.717, 1.165) is 22.6 Å². The molecule has 1 aliphatic heterocycles. The van der Waals surface area contributed by atoms with Crippen molar-refractivity contribution in [1.82, 2.24) is 14.8 Å². The lowest BCUT2D eigenvalue weighted by atomic mass is 10.1. The average Bonchev–Trinajstić information content (AvgIpc) is 3.38. The van der Waals surface area contributed by atoms with Crippen molar-refractivity contribution in [1.29, 1.82) is 0 Å². The number of aromatic nitrogens is 3. The number of benzene rings is 2. The van der Waals surface area contributed by atoms with E-state index in [9.17, 15) is 4.79 Å². The molecule has 0 fully saturated rings. The zero-order valence-electron chi connectivity index (χ0n) is 17.2. The second kappa shape index (κ2) is 8.64. The van der Waals surface area contributed by atoms with Gasteiger partial charge in [0.25, 0.3) is 5.91 Å². The van der Waals surface area contributed by atoms with Crippen LogP contribution < -0.4 is 14.8 Å². The molecule has 2 aromatic heterocycles. The molecule has 0 saturated carbocycles. The van der Waals surface area contributed by atoms with Gasteiger partial charge in [-0.25, -0.2) is 9.67 Å². The van der Waals surface area contributed by atoms with Gasteiger partial charge in [0.15, 0.2) is 16.6 Å². The molecule has 1 aliphatic rings. The van der Waals surface area contributed by atoms with E-state index in [2.05, 4.69) is 15.4 Å². The van der Waals surface area contributed by atoms with Crippen molar-refractivity contribution < 1.29 is 14.3 Å². The van der Waals surface area contributed by atoms with Crippen molar-refractivity contribution in [2.45, 2.75) is 13.5 Å². The molecule has 1 N–H and O–H groups in total. The average molecular weight is 467 g/mol. The SMILES string of the molecule is Cc1nn(Cc2ccccc2)c(Cl)c1C(=O)Nc1nc(-c2ccc3c(c2)OCCO3)cs1. The summed E-state index contributed by atoms with van der Waals surface area (Å²) in [7, 11) is 0. The number of nitrogens with zero attached hydrogens (tertiary/aromatic N) is 3. The van der Waals surface area contributed by atoms with Crippen LogP contribution in [0.2, 0.25) is 5.15 Å². The van der Waals surface area contributed by atoms with Gasteiger partial charge >= 0.3 is 0 Å². The molecular weight excluding hydrogens is 448 g/mol. The summed E-state index contributed by atoms with van der Waals surface area (Å²) in [5, 5.41) is 9.95. The van der Waals surface area contributed by atoms with Crippen molar-refractivity contribution in [2.24, 2.45) is 0 Å². The van der Waals surface area contributed by atoms with Crippen molar-refractivity contribution >= 4 is 34.0 Å². The van der Waals surface area contributed by atoms with Crippen molar-refractivity contribution in [3.05, 3.63) is 75.9 Å². The number of thiazole rings is 1. The number of carbonyl (C=O) groups is 1.